The molecule has 1 aliphatic heterocycles. The summed E-state index contributed by atoms with van der Waals surface area (Å²) in [7, 11) is 4.75. The summed E-state index contributed by atoms with van der Waals surface area (Å²) in [6.07, 6.45) is 0.670. The van der Waals surface area contributed by atoms with E-state index in [1.54, 1.807) is 57.7 Å². The molecule has 0 saturated carbocycles. The first-order chi connectivity index (χ1) is 15.0. The van der Waals surface area contributed by atoms with Gasteiger partial charge in [0, 0.05) is 12.1 Å². The number of methoxy groups -OCH3 is 3. The molecular weight excluding hydrogens is 397 g/mol. The number of ether oxygens (including phenoxy) is 3. The number of benzene rings is 3. The average molecular weight is 421 g/mol. The number of hydrogen-bond acceptors (Lipinski definition) is 4. The Morgan fingerprint density at radius 1 is 0.935 bits per heavy atom. The number of rotatable bonds is 5. The van der Waals surface area contributed by atoms with Gasteiger partial charge in [-0.1, -0.05) is 18.2 Å². The lowest BCUT2D eigenvalue weighted by Crippen LogP contribution is -2.40. The van der Waals surface area contributed by atoms with E-state index in [2.05, 4.69) is 0 Å². The van der Waals surface area contributed by atoms with Crippen molar-refractivity contribution in [3.8, 4) is 17.2 Å². The molecule has 160 valence electrons. The van der Waals surface area contributed by atoms with Crippen LogP contribution in [0, 0.1) is 5.82 Å². The number of nitrogens with zero attached hydrogens (tertiary/aromatic N) is 1. The van der Waals surface area contributed by atoms with E-state index in [9.17, 15) is 9.18 Å². The van der Waals surface area contributed by atoms with Crippen LogP contribution in [0.3, 0.4) is 0 Å². The lowest BCUT2D eigenvalue weighted by atomic mass is 9.87. The third-order valence-electron chi connectivity index (χ3n) is 5.64. The highest BCUT2D eigenvalue weighted by atomic mass is 19.1. The van der Waals surface area contributed by atoms with Crippen molar-refractivity contribution in [2.45, 2.75) is 12.5 Å². The molecule has 0 saturated heterocycles. The molecule has 31 heavy (non-hydrogen) atoms. The summed E-state index contributed by atoms with van der Waals surface area (Å²) in [4.78, 5) is 15.4. The van der Waals surface area contributed by atoms with Crippen LogP contribution in [0.1, 0.15) is 33.1 Å². The first-order valence-corrected chi connectivity index (χ1v) is 10.0. The van der Waals surface area contributed by atoms with Gasteiger partial charge in [-0.3, -0.25) is 4.79 Å². The fraction of sp³-hybridized carbons (Fsp3) is 0.240. The molecule has 0 fully saturated rings. The molecule has 0 spiro atoms. The van der Waals surface area contributed by atoms with Crippen LogP contribution in [-0.2, 0) is 6.42 Å². The van der Waals surface area contributed by atoms with Crippen LogP contribution in [-0.4, -0.2) is 38.7 Å². The van der Waals surface area contributed by atoms with Crippen LogP contribution >= 0.6 is 0 Å². The van der Waals surface area contributed by atoms with E-state index in [4.69, 9.17) is 14.2 Å². The van der Waals surface area contributed by atoms with Crippen LogP contribution in [0.5, 0.6) is 17.2 Å². The highest BCUT2D eigenvalue weighted by molar-refractivity contribution is 5.95. The number of carbonyl (C=O) groups is 1. The van der Waals surface area contributed by atoms with Crippen LogP contribution < -0.4 is 14.2 Å². The zero-order valence-electron chi connectivity index (χ0n) is 17.7. The highest BCUT2D eigenvalue weighted by Gasteiger charge is 2.34. The minimum atomic E-state index is -0.386. The van der Waals surface area contributed by atoms with Gasteiger partial charge >= 0.3 is 0 Å². The Bertz CT molecular complexity index is 1100. The number of halogens is 1. The average Bonchev–Trinajstić information content (AvgIpc) is 2.82. The van der Waals surface area contributed by atoms with Crippen molar-refractivity contribution in [3.05, 3.63) is 88.7 Å². The van der Waals surface area contributed by atoms with Gasteiger partial charge in [0.2, 0.25) is 0 Å². The van der Waals surface area contributed by atoms with Crippen molar-refractivity contribution in [3.63, 3.8) is 0 Å². The molecule has 0 N–H and O–H groups in total. The van der Waals surface area contributed by atoms with Gasteiger partial charge in [-0.2, -0.15) is 0 Å². The van der Waals surface area contributed by atoms with Crippen LogP contribution in [0.25, 0.3) is 0 Å². The molecule has 6 heteroatoms. The zero-order valence-corrected chi connectivity index (χ0v) is 17.7. The lowest BCUT2D eigenvalue weighted by molar-refractivity contribution is 0.0694. The second-order valence-electron chi connectivity index (χ2n) is 7.34. The summed E-state index contributed by atoms with van der Waals surface area (Å²) in [5, 5.41) is 0. The Kier molecular flexibility index (Phi) is 5.80. The number of carbonyl (C=O) groups excluding carboxylic acids is 1. The molecule has 5 nitrogen and oxygen atoms in total. The largest absolute Gasteiger partial charge is 0.497 e. The number of amides is 1. The Morgan fingerprint density at radius 2 is 1.65 bits per heavy atom. The van der Waals surface area contributed by atoms with Gasteiger partial charge in [0.15, 0.2) is 11.5 Å². The molecule has 3 aromatic carbocycles. The zero-order chi connectivity index (χ0) is 22.0. The molecule has 4 rings (SSSR count). The minimum Gasteiger partial charge on any atom is -0.497 e. The SMILES string of the molecule is COc1cccc(C(=O)N2CCc3cc(OC)c(OC)cc3[C@@H]2c2ccc(F)cc2)c1. The molecule has 0 radical (unpaired) electrons. The predicted octanol–water partition coefficient (Wildman–Crippen LogP) is 4.64. The monoisotopic (exact) mass is 421 g/mol. The van der Waals surface area contributed by atoms with Gasteiger partial charge in [0.05, 0.1) is 27.4 Å². The van der Waals surface area contributed by atoms with Crippen LogP contribution in [0.4, 0.5) is 4.39 Å². The van der Waals surface area contributed by atoms with E-state index in [1.165, 1.54) is 12.1 Å². The van der Waals surface area contributed by atoms with Crippen molar-refractivity contribution in [1.29, 1.82) is 0 Å². The van der Waals surface area contributed by atoms with Crippen molar-refractivity contribution in [1.82, 2.24) is 4.90 Å². The summed E-state index contributed by atoms with van der Waals surface area (Å²) in [5.74, 6) is 1.41. The Labute approximate surface area is 181 Å². The van der Waals surface area contributed by atoms with E-state index < -0.39 is 0 Å². The second-order valence-corrected chi connectivity index (χ2v) is 7.34. The topological polar surface area (TPSA) is 48.0 Å². The molecule has 1 aliphatic rings. The summed E-state index contributed by atoms with van der Waals surface area (Å²) >= 11 is 0. The molecule has 0 aromatic heterocycles. The van der Waals surface area contributed by atoms with Gasteiger partial charge < -0.3 is 19.1 Å². The predicted molar refractivity (Wildman–Crippen MR) is 116 cm³/mol. The minimum absolute atomic E-state index is 0.117. The first kappa shape index (κ1) is 20.7. The number of fused-ring (bicyclic) bond motifs is 1. The number of hydrogen-bond donors (Lipinski definition) is 0. The standard InChI is InChI=1S/C25H24FNO4/c1-29-20-6-4-5-18(13-20)25(28)27-12-11-17-14-22(30-2)23(31-3)15-21(17)24(27)16-7-9-19(26)10-8-16/h4-10,13-15,24H,11-12H2,1-3H3/t24-/m0/s1. The smallest absolute Gasteiger partial charge is 0.254 e. The van der Waals surface area contributed by atoms with Crippen LogP contribution in [0.2, 0.25) is 0 Å². The van der Waals surface area contributed by atoms with E-state index >= 15 is 0 Å². The summed E-state index contributed by atoms with van der Waals surface area (Å²) in [6, 6.07) is 16.9. The van der Waals surface area contributed by atoms with Crippen molar-refractivity contribution in [2.75, 3.05) is 27.9 Å². The van der Waals surface area contributed by atoms with Gasteiger partial charge in [0.1, 0.15) is 11.6 Å². The Hall–Kier alpha value is -3.54. The molecule has 0 aliphatic carbocycles. The van der Waals surface area contributed by atoms with E-state index in [0.29, 0.717) is 35.8 Å². The maximum absolute atomic E-state index is 13.6. The maximum atomic E-state index is 13.6. The molecule has 1 amide bonds. The maximum Gasteiger partial charge on any atom is 0.254 e. The first-order valence-electron chi connectivity index (χ1n) is 10.0. The fourth-order valence-electron chi connectivity index (χ4n) is 4.09. The molecule has 3 aromatic rings. The second kappa shape index (κ2) is 8.68. The van der Waals surface area contributed by atoms with Gasteiger partial charge in [0.25, 0.3) is 5.91 Å². The van der Waals surface area contributed by atoms with Crippen molar-refractivity contribution < 1.29 is 23.4 Å². The summed E-state index contributed by atoms with van der Waals surface area (Å²) in [5.41, 5.74) is 3.37. The van der Waals surface area contributed by atoms with Crippen molar-refractivity contribution >= 4 is 5.91 Å². The third kappa shape index (κ3) is 3.93. The fourth-order valence-corrected chi connectivity index (χ4v) is 4.09. The van der Waals surface area contributed by atoms with Gasteiger partial charge in [-0.25, -0.2) is 4.39 Å². The Morgan fingerprint density at radius 3 is 2.32 bits per heavy atom. The van der Waals surface area contributed by atoms with Crippen molar-refractivity contribution in [2.24, 2.45) is 0 Å². The Balaban J connectivity index is 1.83. The normalized spacial score (nSPS) is 15.2. The van der Waals surface area contributed by atoms with Gasteiger partial charge in [-0.15, -0.1) is 0 Å². The molecule has 0 unspecified atom stereocenters. The van der Waals surface area contributed by atoms with E-state index in [-0.39, 0.29) is 17.8 Å². The third-order valence-corrected chi connectivity index (χ3v) is 5.64. The van der Waals surface area contributed by atoms with Gasteiger partial charge in [-0.05, 0) is 65.6 Å². The quantitative estimate of drug-likeness (QED) is 0.602. The molecule has 0 bridgehead atoms. The van der Waals surface area contributed by atoms with E-state index in [0.717, 1.165) is 16.7 Å². The molecule has 1 heterocycles. The summed E-state index contributed by atoms with van der Waals surface area (Å²) < 4.78 is 29.9. The highest BCUT2D eigenvalue weighted by Crippen LogP contribution is 2.41. The molecule has 1 atom stereocenters. The summed E-state index contributed by atoms with van der Waals surface area (Å²) in [6.45, 7) is 0.514. The van der Waals surface area contributed by atoms with E-state index in [1.807, 2.05) is 17.0 Å². The molecular formula is C25H24FNO4. The van der Waals surface area contributed by atoms with Crippen LogP contribution in [0.15, 0.2) is 60.7 Å². The lowest BCUT2D eigenvalue weighted by Gasteiger charge is -2.38.